The van der Waals surface area contributed by atoms with Crippen LogP contribution >= 0.6 is 11.3 Å². The molecule has 2 N–H and O–H groups in total. The molecular weight excluding hydrogens is 298 g/mol. The Kier molecular flexibility index (Phi) is 4.82. The zero-order valence-corrected chi connectivity index (χ0v) is 13.1. The summed E-state index contributed by atoms with van der Waals surface area (Å²) in [6, 6.07) is 9.43. The zero-order valence-electron chi connectivity index (χ0n) is 12.2. The van der Waals surface area contributed by atoms with E-state index < -0.39 is 0 Å². The van der Waals surface area contributed by atoms with Gasteiger partial charge in [0.2, 0.25) is 5.91 Å². The van der Waals surface area contributed by atoms with Crippen molar-refractivity contribution in [3.05, 3.63) is 46.4 Å². The second kappa shape index (κ2) is 7.00. The molecule has 0 spiro atoms. The van der Waals surface area contributed by atoms with Crippen LogP contribution in [0.2, 0.25) is 0 Å². The molecule has 1 aliphatic heterocycles. The second-order valence-electron chi connectivity index (χ2n) is 5.50. The zero-order chi connectivity index (χ0) is 15.4. The van der Waals surface area contributed by atoms with E-state index in [-0.39, 0.29) is 12.0 Å². The third kappa shape index (κ3) is 4.13. The van der Waals surface area contributed by atoms with Gasteiger partial charge in [-0.2, -0.15) is 0 Å². The lowest BCUT2D eigenvalue weighted by atomic mass is 10.3. The van der Waals surface area contributed by atoms with Gasteiger partial charge in [0.1, 0.15) is 5.01 Å². The standard InChI is InChI=1S/C16H19N3O2S/c20-14-6-7-19(10-14)9-13-11-22-16(18-13)8-15(21)17-12-4-2-1-3-5-12/h1-5,11,14,20H,6-10H2,(H,17,21)/t14-/m0/s1. The third-order valence-electron chi connectivity index (χ3n) is 3.60. The van der Waals surface area contributed by atoms with Crippen LogP contribution < -0.4 is 5.32 Å². The number of nitrogens with zero attached hydrogens (tertiary/aromatic N) is 2. The molecule has 2 heterocycles. The highest BCUT2D eigenvalue weighted by atomic mass is 32.1. The molecule has 0 radical (unpaired) electrons. The van der Waals surface area contributed by atoms with E-state index in [1.54, 1.807) is 0 Å². The van der Waals surface area contributed by atoms with Crippen LogP contribution in [0.25, 0.3) is 0 Å². The van der Waals surface area contributed by atoms with Gasteiger partial charge in [0.05, 0.1) is 18.2 Å². The van der Waals surface area contributed by atoms with Crippen molar-refractivity contribution in [3.63, 3.8) is 0 Å². The molecule has 5 nitrogen and oxygen atoms in total. The molecule has 2 aromatic rings. The van der Waals surface area contributed by atoms with Crippen LogP contribution in [0, 0.1) is 0 Å². The Balaban J connectivity index is 1.52. The topological polar surface area (TPSA) is 65.5 Å². The maximum absolute atomic E-state index is 12.0. The van der Waals surface area contributed by atoms with Gasteiger partial charge in [-0.3, -0.25) is 9.69 Å². The van der Waals surface area contributed by atoms with Crippen molar-refractivity contribution >= 4 is 22.9 Å². The van der Waals surface area contributed by atoms with E-state index in [1.807, 2.05) is 35.7 Å². The smallest absolute Gasteiger partial charge is 0.231 e. The van der Waals surface area contributed by atoms with Crippen molar-refractivity contribution in [2.45, 2.75) is 25.5 Å². The fourth-order valence-electron chi connectivity index (χ4n) is 2.55. The van der Waals surface area contributed by atoms with Gasteiger partial charge in [0.25, 0.3) is 0 Å². The van der Waals surface area contributed by atoms with Crippen LogP contribution in [0.1, 0.15) is 17.1 Å². The number of hydrogen-bond acceptors (Lipinski definition) is 5. The van der Waals surface area contributed by atoms with E-state index in [9.17, 15) is 9.90 Å². The summed E-state index contributed by atoms with van der Waals surface area (Å²) >= 11 is 1.51. The van der Waals surface area contributed by atoms with E-state index >= 15 is 0 Å². The minimum Gasteiger partial charge on any atom is -0.392 e. The molecule has 3 rings (SSSR count). The summed E-state index contributed by atoms with van der Waals surface area (Å²) in [7, 11) is 0. The largest absolute Gasteiger partial charge is 0.392 e. The Bertz CT molecular complexity index is 629. The Morgan fingerprint density at radius 1 is 1.41 bits per heavy atom. The Morgan fingerprint density at radius 3 is 2.95 bits per heavy atom. The van der Waals surface area contributed by atoms with Gasteiger partial charge >= 0.3 is 0 Å². The summed E-state index contributed by atoms with van der Waals surface area (Å²) < 4.78 is 0. The summed E-state index contributed by atoms with van der Waals surface area (Å²) in [6.07, 6.45) is 0.910. The van der Waals surface area contributed by atoms with Crippen LogP contribution in [0.3, 0.4) is 0 Å². The Hall–Kier alpha value is -1.76. The van der Waals surface area contributed by atoms with Gasteiger partial charge in [-0.05, 0) is 18.6 Å². The second-order valence-corrected chi connectivity index (χ2v) is 6.44. The number of nitrogens with one attached hydrogen (secondary N) is 1. The molecule has 1 atom stereocenters. The molecule has 0 bridgehead atoms. The van der Waals surface area contributed by atoms with E-state index in [4.69, 9.17) is 0 Å². The number of benzene rings is 1. The average Bonchev–Trinajstić information content (AvgIpc) is 3.09. The Morgan fingerprint density at radius 2 is 2.23 bits per heavy atom. The minimum absolute atomic E-state index is 0.0521. The summed E-state index contributed by atoms with van der Waals surface area (Å²) in [4.78, 5) is 18.7. The molecular formula is C16H19N3O2S. The maximum atomic E-state index is 12.0. The van der Waals surface area contributed by atoms with Gasteiger partial charge in [-0.15, -0.1) is 11.3 Å². The van der Waals surface area contributed by atoms with Crippen molar-refractivity contribution < 1.29 is 9.90 Å². The predicted molar refractivity (Wildman–Crippen MR) is 86.8 cm³/mol. The fraction of sp³-hybridized carbons (Fsp3) is 0.375. The average molecular weight is 317 g/mol. The van der Waals surface area contributed by atoms with Crippen LogP contribution in [0.5, 0.6) is 0 Å². The number of β-amino-alcohol motifs (C(OH)–C–C–N with tert-alkyl or cyclic N) is 1. The van der Waals surface area contributed by atoms with E-state index in [0.29, 0.717) is 13.0 Å². The molecule has 1 aromatic heterocycles. The van der Waals surface area contributed by atoms with Gasteiger partial charge in [-0.25, -0.2) is 4.98 Å². The first-order chi connectivity index (χ1) is 10.7. The highest BCUT2D eigenvalue weighted by molar-refractivity contribution is 7.09. The van der Waals surface area contributed by atoms with Crippen molar-refractivity contribution in [1.82, 2.24) is 9.88 Å². The molecule has 1 saturated heterocycles. The molecule has 6 heteroatoms. The van der Waals surface area contributed by atoms with Gasteiger partial charge < -0.3 is 10.4 Å². The predicted octanol–water partition coefficient (Wildman–Crippen LogP) is 1.89. The molecule has 1 aromatic carbocycles. The maximum Gasteiger partial charge on any atom is 0.231 e. The van der Waals surface area contributed by atoms with Crippen LogP contribution in [0.15, 0.2) is 35.7 Å². The van der Waals surface area contributed by atoms with Crippen molar-refractivity contribution in [1.29, 1.82) is 0 Å². The normalized spacial score (nSPS) is 18.5. The number of thiazole rings is 1. The van der Waals surface area contributed by atoms with Crippen LogP contribution in [-0.4, -0.2) is 40.1 Å². The number of amides is 1. The number of aromatic nitrogens is 1. The summed E-state index contributed by atoms with van der Waals surface area (Å²) in [5.74, 6) is -0.0521. The van der Waals surface area contributed by atoms with E-state index in [2.05, 4.69) is 15.2 Å². The molecule has 1 fully saturated rings. The lowest BCUT2D eigenvalue weighted by Crippen LogP contribution is -2.21. The first-order valence-electron chi connectivity index (χ1n) is 7.37. The molecule has 0 saturated carbocycles. The highest BCUT2D eigenvalue weighted by Crippen LogP contribution is 2.16. The van der Waals surface area contributed by atoms with Gasteiger partial charge in [-0.1, -0.05) is 18.2 Å². The number of likely N-dealkylation sites (tertiary alicyclic amines) is 1. The number of carbonyl (C=O) groups excluding carboxylic acids is 1. The van der Waals surface area contributed by atoms with E-state index in [1.165, 1.54) is 11.3 Å². The molecule has 1 aliphatic rings. The van der Waals surface area contributed by atoms with Gasteiger partial charge in [0, 0.05) is 30.7 Å². The molecule has 22 heavy (non-hydrogen) atoms. The number of hydrogen-bond donors (Lipinski definition) is 2. The molecule has 116 valence electrons. The number of anilines is 1. The first kappa shape index (κ1) is 15.1. The fourth-order valence-corrected chi connectivity index (χ4v) is 3.34. The highest BCUT2D eigenvalue weighted by Gasteiger charge is 2.21. The summed E-state index contributed by atoms with van der Waals surface area (Å²) in [5.41, 5.74) is 1.77. The van der Waals surface area contributed by atoms with Crippen LogP contribution in [-0.2, 0) is 17.8 Å². The van der Waals surface area contributed by atoms with Gasteiger partial charge in [0.15, 0.2) is 0 Å². The van der Waals surface area contributed by atoms with Crippen molar-refractivity contribution in [2.75, 3.05) is 18.4 Å². The monoisotopic (exact) mass is 317 g/mol. The summed E-state index contributed by atoms with van der Waals surface area (Å²) in [5, 5.41) is 15.2. The lowest BCUT2D eigenvalue weighted by Gasteiger charge is -2.12. The first-order valence-corrected chi connectivity index (χ1v) is 8.25. The number of rotatable bonds is 5. The summed E-state index contributed by atoms with van der Waals surface area (Å²) in [6.45, 7) is 2.36. The van der Waals surface area contributed by atoms with Crippen LogP contribution in [0.4, 0.5) is 5.69 Å². The van der Waals surface area contributed by atoms with E-state index in [0.717, 1.165) is 35.9 Å². The number of aliphatic hydroxyl groups is 1. The molecule has 0 aliphatic carbocycles. The number of carbonyl (C=O) groups is 1. The van der Waals surface area contributed by atoms with Crippen molar-refractivity contribution in [2.24, 2.45) is 0 Å². The quantitative estimate of drug-likeness (QED) is 0.884. The molecule has 1 amide bonds. The van der Waals surface area contributed by atoms with Crippen molar-refractivity contribution in [3.8, 4) is 0 Å². The number of para-hydroxylation sites is 1. The lowest BCUT2D eigenvalue weighted by molar-refractivity contribution is -0.115. The minimum atomic E-state index is -0.213. The molecule has 0 unspecified atom stereocenters. The number of aliphatic hydroxyl groups excluding tert-OH is 1. The SMILES string of the molecule is O=C(Cc1nc(CN2CC[C@H](O)C2)cs1)Nc1ccccc1. The third-order valence-corrected chi connectivity index (χ3v) is 4.50. The Labute approximate surface area is 133 Å².